The maximum absolute atomic E-state index is 11.7. The smallest absolute Gasteiger partial charge is 0.189 e. The Morgan fingerprint density at radius 1 is 1.28 bits per heavy atom. The standard InChI is InChI=1S/C15H20N2O/c1-2-12(16)6-5-10-17-11-9-15(18)13-7-3-4-8-14(13)17/h3-4,7-9,11-12H,2,5-6,10,16H2,1H3. The van der Waals surface area contributed by atoms with Crippen LogP contribution in [0.2, 0.25) is 0 Å². The van der Waals surface area contributed by atoms with E-state index in [0.29, 0.717) is 0 Å². The lowest BCUT2D eigenvalue weighted by Crippen LogP contribution is -2.19. The number of rotatable bonds is 5. The van der Waals surface area contributed by atoms with Crippen LogP contribution in [0, 0.1) is 0 Å². The molecule has 0 saturated heterocycles. The number of nitrogens with two attached hydrogens (primary N) is 1. The van der Waals surface area contributed by atoms with Gasteiger partial charge in [0.15, 0.2) is 5.43 Å². The van der Waals surface area contributed by atoms with Gasteiger partial charge in [-0.2, -0.15) is 0 Å². The predicted molar refractivity (Wildman–Crippen MR) is 75.7 cm³/mol. The normalized spacial score (nSPS) is 12.8. The van der Waals surface area contributed by atoms with Crippen molar-refractivity contribution >= 4 is 10.9 Å². The van der Waals surface area contributed by atoms with Crippen LogP contribution in [0.5, 0.6) is 0 Å². The maximum Gasteiger partial charge on any atom is 0.189 e. The van der Waals surface area contributed by atoms with Crippen LogP contribution in [0.1, 0.15) is 26.2 Å². The molecule has 0 fully saturated rings. The van der Waals surface area contributed by atoms with Gasteiger partial charge in [0.1, 0.15) is 0 Å². The summed E-state index contributed by atoms with van der Waals surface area (Å²) < 4.78 is 2.14. The molecule has 96 valence electrons. The Morgan fingerprint density at radius 2 is 2.06 bits per heavy atom. The van der Waals surface area contributed by atoms with Crippen molar-refractivity contribution in [1.29, 1.82) is 0 Å². The topological polar surface area (TPSA) is 48.0 Å². The van der Waals surface area contributed by atoms with E-state index in [0.717, 1.165) is 36.7 Å². The molecule has 3 nitrogen and oxygen atoms in total. The van der Waals surface area contributed by atoms with Crippen LogP contribution >= 0.6 is 0 Å². The molecule has 2 N–H and O–H groups in total. The highest BCUT2D eigenvalue weighted by molar-refractivity contribution is 5.78. The van der Waals surface area contributed by atoms with Gasteiger partial charge in [0.05, 0.1) is 5.52 Å². The first-order valence-electron chi connectivity index (χ1n) is 6.56. The largest absolute Gasteiger partial charge is 0.347 e. The summed E-state index contributed by atoms with van der Waals surface area (Å²) in [7, 11) is 0. The lowest BCUT2D eigenvalue weighted by molar-refractivity contribution is 0.530. The maximum atomic E-state index is 11.7. The second-order valence-electron chi connectivity index (χ2n) is 4.70. The summed E-state index contributed by atoms with van der Waals surface area (Å²) in [5.41, 5.74) is 7.01. The molecule has 2 rings (SSSR count). The van der Waals surface area contributed by atoms with Crippen LogP contribution in [0.25, 0.3) is 10.9 Å². The van der Waals surface area contributed by atoms with Gasteiger partial charge in [-0.15, -0.1) is 0 Å². The SMILES string of the molecule is CCC(N)CCCn1ccc(=O)c2ccccc21. The predicted octanol–water partition coefficient (Wildman–Crippen LogP) is 2.52. The molecule has 18 heavy (non-hydrogen) atoms. The third kappa shape index (κ3) is 2.79. The Kier molecular flexibility index (Phi) is 4.15. The van der Waals surface area contributed by atoms with Gasteiger partial charge in [-0.3, -0.25) is 4.79 Å². The molecule has 0 amide bonds. The molecule has 0 aliphatic carbocycles. The lowest BCUT2D eigenvalue weighted by Gasteiger charge is -2.12. The molecule has 0 bridgehead atoms. The highest BCUT2D eigenvalue weighted by Gasteiger charge is 2.03. The zero-order chi connectivity index (χ0) is 13.0. The molecule has 1 heterocycles. The van der Waals surface area contributed by atoms with Gasteiger partial charge in [0.2, 0.25) is 0 Å². The van der Waals surface area contributed by atoms with Crippen molar-refractivity contribution in [3.8, 4) is 0 Å². The highest BCUT2D eigenvalue weighted by atomic mass is 16.1. The van der Waals surface area contributed by atoms with Gasteiger partial charge < -0.3 is 10.3 Å². The van der Waals surface area contributed by atoms with E-state index < -0.39 is 0 Å². The first-order chi connectivity index (χ1) is 8.72. The zero-order valence-corrected chi connectivity index (χ0v) is 10.8. The number of para-hydroxylation sites is 1. The number of fused-ring (bicyclic) bond motifs is 1. The van der Waals surface area contributed by atoms with E-state index in [1.165, 1.54) is 0 Å². The molecule has 0 spiro atoms. The number of aromatic nitrogens is 1. The number of nitrogens with zero attached hydrogens (tertiary/aromatic N) is 1. The average molecular weight is 244 g/mol. The molecule has 0 aliphatic rings. The van der Waals surface area contributed by atoms with Gasteiger partial charge in [0.25, 0.3) is 0 Å². The summed E-state index contributed by atoms with van der Waals surface area (Å²) >= 11 is 0. The molecule has 1 unspecified atom stereocenters. The van der Waals surface area contributed by atoms with E-state index in [-0.39, 0.29) is 11.5 Å². The number of hydrogen-bond acceptors (Lipinski definition) is 2. The number of aryl methyl sites for hydroxylation is 1. The minimum atomic E-state index is 0.0899. The molecule has 1 atom stereocenters. The summed E-state index contributed by atoms with van der Waals surface area (Å²) in [5.74, 6) is 0. The van der Waals surface area contributed by atoms with Crippen LogP contribution in [-0.2, 0) is 6.54 Å². The fourth-order valence-electron chi connectivity index (χ4n) is 2.18. The molecule has 1 aromatic heterocycles. The lowest BCUT2D eigenvalue weighted by atomic mass is 10.1. The number of benzene rings is 1. The summed E-state index contributed by atoms with van der Waals surface area (Å²) in [5, 5.41) is 0.791. The molecular weight excluding hydrogens is 224 g/mol. The van der Waals surface area contributed by atoms with Crippen molar-refractivity contribution in [3.63, 3.8) is 0 Å². The van der Waals surface area contributed by atoms with E-state index in [9.17, 15) is 4.79 Å². The van der Waals surface area contributed by atoms with Gasteiger partial charge in [-0.1, -0.05) is 19.1 Å². The van der Waals surface area contributed by atoms with Crippen LogP contribution in [0.15, 0.2) is 41.3 Å². The molecule has 3 heteroatoms. The Morgan fingerprint density at radius 3 is 2.83 bits per heavy atom. The summed E-state index contributed by atoms with van der Waals surface area (Å²) in [6, 6.07) is 9.68. The van der Waals surface area contributed by atoms with Gasteiger partial charge in [-0.05, 0) is 31.4 Å². The number of hydrogen-bond donors (Lipinski definition) is 1. The molecule has 1 aromatic carbocycles. The van der Waals surface area contributed by atoms with Crippen LogP contribution in [0.4, 0.5) is 0 Å². The molecule has 0 aliphatic heterocycles. The van der Waals surface area contributed by atoms with Gasteiger partial charge >= 0.3 is 0 Å². The minimum absolute atomic E-state index is 0.0899. The third-order valence-corrected chi connectivity index (χ3v) is 3.38. The van der Waals surface area contributed by atoms with Crippen LogP contribution in [-0.4, -0.2) is 10.6 Å². The Hall–Kier alpha value is -1.61. The van der Waals surface area contributed by atoms with Crippen LogP contribution < -0.4 is 11.2 Å². The first-order valence-corrected chi connectivity index (χ1v) is 6.56. The second-order valence-corrected chi connectivity index (χ2v) is 4.70. The van der Waals surface area contributed by atoms with E-state index in [4.69, 9.17) is 5.73 Å². The van der Waals surface area contributed by atoms with E-state index in [1.807, 2.05) is 30.5 Å². The Labute approximate surface area is 107 Å². The monoisotopic (exact) mass is 244 g/mol. The Balaban J connectivity index is 2.19. The molecular formula is C15H20N2O. The van der Waals surface area contributed by atoms with E-state index in [2.05, 4.69) is 11.5 Å². The van der Waals surface area contributed by atoms with Gasteiger partial charge in [-0.25, -0.2) is 0 Å². The summed E-state index contributed by atoms with van der Waals surface area (Å²) in [4.78, 5) is 11.7. The average Bonchev–Trinajstić information content (AvgIpc) is 2.41. The fourth-order valence-corrected chi connectivity index (χ4v) is 2.18. The van der Waals surface area contributed by atoms with E-state index in [1.54, 1.807) is 6.07 Å². The third-order valence-electron chi connectivity index (χ3n) is 3.38. The van der Waals surface area contributed by atoms with Crippen molar-refractivity contribution in [2.45, 2.75) is 38.8 Å². The molecule has 2 aromatic rings. The quantitative estimate of drug-likeness (QED) is 0.878. The van der Waals surface area contributed by atoms with Crippen molar-refractivity contribution in [2.24, 2.45) is 5.73 Å². The van der Waals surface area contributed by atoms with Crippen molar-refractivity contribution < 1.29 is 0 Å². The van der Waals surface area contributed by atoms with Crippen molar-refractivity contribution in [3.05, 3.63) is 46.8 Å². The minimum Gasteiger partial charge on any atom is -0.347 e. The molecule has 0 saturated carbocycles. The number of pyridine rings is 1. The van der Waals surface area contributed by atoms with E-state index >= 15 is 0 Å². The van der Waals surface area contributed by atoms with Gasteiger partial charge in [0, 0.05) is 30.2 Å². The summed E-state index contributed by atoms with van der Waals surface area (Å²) in [6.07, 6.45) is 4.96. The Bertz CT molecular complexity index is 574. The second kappa shape index (κ2) is 5.83. The fraction of sp³-hybridized carbons (Fsp3) is 0.400. The first kappa shape index (κ1) is 12.8. The van der Waals surface area contributed by atoms with Crippen molar-refractivity contribution in [2.75, 3.05) is 0 Å². The highest BCUT2D eigenvalue weighted by Crippen LogP contribution is 2.11. The van der Waals surface area contributed by atoms with Crippen LogP contribution in [0.3, 0.4) is 0 Å². The molecule has 0 radical (unpaired) electrons. The summed E-state index contributed by atoms with van der Waals surface area (Å²) in [6.45, 7) is 3.02. The van der Waals surface area contributed by atoms with Crippen molar-refractivity contribution in [1.82, 2.24) is 4.57 Å². The zero-order valence-electron chi connectivity index (χ0n) is 10.8.